The Morgan fingerprint density at radius 3 is 2.88 bits per heavy atom. The molecule has 0 radical (unpaired) electrons. The number of carbonyl (C=O) groups excluding carboxylic acids is 1. The summed E-state index contributed by atoms with van der Waals surface area (Å²) in [4.78, 5) is 14.4. The maximum absolute atomic E-state index is 12.1. The Balaban J connectivity index is 1.44. The van der Waals surface area contributed by atoms with E-state index in [1.165, 1.54) is 0 Å². The fourth-order valence-corrected chi connectivity index (χ4v) is 3.27. The van der Waals surface area contributed by atoms with Gasteiger partial charge in [-0.15, -0.1) is 5.10 Å². The van der Waals surface area contributed by atoms with Crippen molar-refractivity contribution in [2.75, 3.05) is 24.5 Å². The fraction of sp³-hybridized carbons (Fsp3) is 0.421. The molecule has 1 aliphatic rings. The molecule has 3 rings (SSSR count). The summed E-state index contributed by atoms with van der Waals surface area (Å²) in [7, 11) is 0. The molecule has 1 amide bonds. The molecule has 1 fully saturated rings. The predicted octanol–water partition coefficient (Wildman–Crippen LogP) is 1.91. The van der Waals surface area contributed by atoms with Crippen LogP contribution in [0.5, 0.6) is 0 Å². The molecule has 1 aromatic carbocycles. The number of carbonyl (C=O) groups is 1. The molecule has 2 aromatic rings. The molecule has 1 aromatic heterocycles. The van der Waals surface area contributed by atoms with Gasteiger partial charge in [-0.3, -0.25) is 4.79 Å². The standard InChI is InChI=1S/C19H25N5O/c1-15(16-7-3-2-4-8-16)22-19(25)14-20-13-17-9-6-12-24(17)18-10-5-11-21-23-18/h2-5,7-8,10-11,15,17,20H,6,9,12-14H2,1H3,(H,22,25)/t15-,17-/m0/s1. The van der Waals surface area contributed by atoms with Gasteiger partial charge in [0.1, 0.15) is 0 Å². The Morgan fingerprint density at radius 2 is 2.12 bits per heavy atom. The van der Waals surface area contributed by atoms with Gasteiger partial charge in [0.15, 0.2) is 5.82 Å². The number of aromatic nitrogens is 2. The molecular weight excluding hydrogens is 314 g/mol. The predicted molar refractivity (Wildman–Crippen MR) is 98.3 cm³/mol. The minimum atomic E-state index is 0.0121. The zero-order chi connectivity index (χ0) is 17.5. The fourth-order valence-electron chi connectivity index (χ4n) is 3.27. The van der Waals surface area contributed by atoms with Gasteiger partial charge in [0.25, 0.3) is 0 Å². The summed E-state index contributed by atoms with van der Waals surface area (Å²) < 4.78 is 0. The van der Waals surface area contributed by atoms with Crippen molar-refractivity contribution in [2.24, 2.45) is 0 Å². The zero-order valence-corrected chi connectivity index (χ0v) is 14.6. The molecule has 2 heterocycles. The third kappa shape index (κ3) is 4.76. The van der Waals surface area contributed by atoms with Crippen LogP contribution in [-0.2, 0) is 4.79 Å². The monoisotopic (exact) mass is 339 g/mol. The lowest BCUT2D eigenvalue weighted by Crippen LogP contribution is -2.42. The van der Waals surface area contributed by atoms with E-state index in [0.717, 1.165) is 37.3 Å². The summed E-state index contributed by atoms with van der Waals surface area (Å²) in [6.45, 7) is 4.08. The molecule has 132 valence electrons. The van der Waals surface area contributed by atoms with E-state index in [0.29, 0.717) is 12.6 Å². The molecule has 6 nitrogen and oxygen atoms in total. The molecule has 0 spiro atoms. The third-order valence-corrected chi connectivity index (χ3v) is 4.57. The lowest BCUT2D eigenvalue weighted by molar-refractivity contribution is -0.120. The van der Waals surface area contributed by atoms with Crippen LogP contribution in [0, 0.1) is 0 Å². The van der Waals surface area contributed by atoms with Crippen LogP contribution in [0.15, 0.2) is 48.7 Å². The number of hydrogen-bond donors (Lipinski definition) is 2. The molecule has 25 heavy (non-hydrogen) atoms. The number of hydrogen-bond acceptors (Lipinski definition) is 5. The first-order valence-corrected chi connectivity index (χ1v) is 8.83. The van der Waals surface area contributed by atoms with Gasteiger partial charge in [-0.1, -0.05) is 30.3 Å². The van der Waals surface area contributed by atoms with Crippen molar-refractivity contribution < 1.29 is 4.79 Å². The van der Waals surface area contributed by atoms with Gasteiger partial charge in [0.05, 0.1) is 12.6 Å². The van der Waals surface area contributed by atoms with E-state index in [-0.39, 0.29) is 11.9 Å². The van der Waals surface area contributed by atoms with Gasteiger partial charge < -0.3 is 15.5 Å². The summed E-state index contributed by atoms with van der Waals surface area (Å²) in [5.74, 6) is 0.925. The van der Waals surface area contributed by atoms with Gasteiger partial charge >= 0.3 is 0 Å². The first kappa shape index (κ1) is 17.4. The van der Waals surface area contributed by atoms with Crippen LogP contribution in [0.25, 0.3) is 0 Å². The number of nitrogens with zero attached hydrogens (tertiary/aromatic N) is 3. The molecule has 0 aliphatic carbocycles. The van der Waals surface area contributed by atoms with E-state index in [4.69, 9.17) is 0 Å². The second kappa shape index (κ2) is 8.58. The second-order valence-electron chi connectivity index (χ2n) is 6.40. The van der Waals surface area contributed by atoms with E-state index in [2.05, 4.69) is 25.7 Å². The molecular formula is C19H25N5O. The lowest BCUT2D eigenvalue weighted by Gasteiger charge is -2.25. The van der Waals surface area contributed by atoms with Crippen molar-refractivity contribution in [3.8, 4) is 0 Å². The number of nitrogens with one attached hydrogen (secondary N) is 2. The van der Waals surface area contributed by atoms with Gasteiger partial charge in [-0.2, -0.15) is 5.10 Å². The third-order valence-electron chi connectivity index (χ3n) is 4.57. The zero-order valence-electron chi connectivity index (χ0n) is 14.6. The van der Waals surface area contributed by atoms with E-state index in [1.54, 1.807) is 6.20 Å². The maximum Gasteiger partial charge on any atom is 0.234 e. The van der Waals surface area contributed by atoms with Crippen molar-refractivity contribution >= 4 is 11.7 Å². The Kier molecular flexibility index (Phi) is 5.95. The van der Waals surface area contributed by atoms with Crippen molar-refractivity contribution in [3.63, 3.8) is 0 Å². The summed E-state index contributed by atoms with van der Waals surface area (Å²) in [5, 5.41) is 14.5. The van der Waals surface area contributed by atoms with Gasteiger partial charge in [0, 0.05) is 25.3 Å². The average Bonchev–Trinajstić information content (AvgIpc) is 3.11. The van der Waals surface area contributed by atoms with Crippen LogP contribution in [0.2, 0.25) is 0 Å². The van der Waals surface area contributed by atoms with Crippen LogP contribution < -0.4 is 15.5 Å². The second-order valence-corrected chi connectivity index (χ2v) is 6.40. The molecule has 0 saturated carbocycles. The largest absolute Gasteiger partial charge is 0.351 e. The Morgan fingerprint density at radius 1 is 1.28 bits per heavy atom. The number of benzene rings is 1. The van der Waals surface area contributed by atoms with Crippen LogP contribution in [-0.4, -0.2) is 41.8 Å². The van der Waals surface area contributed by atoms with Crippen molar-refractivity contribution in [2.45, 2.75) is 31.8 Å². The van der Waals surface area contributed by atoms with E-state index in [1.807, 2.05) is 49.4 Å². The molecule has 2 N–H and O–H groups in total. The molecule has 0 unspecified atom stereocenters. The minimum absolute atomic E-state index is 0.0121. The summed E-state index contributed by atoms with van der Waals surface area (Å²) in [6.07, 6.45) is 3.93. The van der Waals surface area contributed by atoms with Crippen LogP contribution in [0.3, 0.4) is 0 Å². The highest BCUT2D eigenvalue weighted by molar-refractivity contribution is 5.78. The van der Waals surface area contributed by atoms with Crippen molar-refractivity contribution in [1.82, 2.24) is 20.8 Å². The summed E-state index contributed by atoms with van der Waals surface area (Å²) in [5.41, 5.74) is 1.11. The van der Waals surface area contributed by atoms with Crippen molar-refractivity contribution in [3.05, 3.63) is 54.2 Å². The molecule has 1 aliphatic heterocycles. The molecule has 2 atom stereocenters. The minimum Gasteiger partial charge on any atom is -0.351 e. The quantitative estimate of drug-likeness (QED) is 0.806. The maximum atomic E-state index is 12.1. The Labute approximate surface area is 148 Å². The van der Waals surface area contributed by atoms with Gasteiger partial charge in [-0.05, 0) is 37.5 Å². The van der Waals surface area contributed by atoms with Gasteiger partial charge in [0.2, 0.25) is 5.91 Å². The number of anilines is 1. The Bertz CT molecular complexity index is 664. The summed E-state index contributed by atoms with van der Waals surface area (Å²) >= 11 is 0. The smallest absolute Gasteiger partial charge is 0.234 e. The highest BCUT2D eigenvalue weighted by Crippen LogP contribution is 2.22. The molecule has 6 heteroatoms. The lowest BCUT2D eigenvalue weighted by atomic mass is 10.1. The highest BCUT2D eigenvalue weighted by Gasteiger charge is 2.25. The van der Waals surface area contributed by atoms with E-state index < -0.39 is 0 Å². The molecule has 1 saturated heterocycles. The normalized spacial score (nSPS) is 18.1. The average molecular weight is 339 g/mol. The first-order valence-electron chi connectivity index (χ1n) is 8.83. The topological polar surface area (TPSA) is 70.2 Å². The molecule has 0 bridgehead atoms. The van der Waals surface area contributed by atoms with E-state index >= 15 is 0 Å². The van der Waals surface area contributed by atoms with Gasteiger partial charge in [-0.25, -0.2) is 0 Å². The first-order chi connectivity index (χ1) is 12.2. The van der Waals surface area contributed by atoms with Crippen LogP contribution >= 0.6 is 0 Å². The van der Waals surface area contributed by atoms with E-state index in [9.17, 15) is 4.79 Å². The number of amides is 1. The number of rotatable bonds is 7. The van der Waals surface area contributed by atoms with Crippen LogP contribution in [0.4, 0.5) is 5.82 Å². The summed E-state index contributed by atoms with van der Waals surface area (Å²) in [6, 6.07) is 14.3. The van der Waals surface area contributed by atoms with Crippen LogP contribution in [0.1, 0.15) is 31.4 Å². The SMILES string of the molecule is C[C@H](NC(=O)CNC[C@@H]1CCCN1c1cccnn1)c1ccccc1. The van der Waals surface area contributed by atoms with Crippen molar-refractivity contribution in [1.29, 1.82) is 0 Å². The highest BCUT2D eigenvalue weighted by atomic mass is 16.1. The Hall–Kier alpha value is -2.47.